The Morgan fingerprint density at radius 1 is 1.82 bits per heavy atom. The minimum atomic E-state index is 0.553. The highest BCUT2D eigenvalue weighted by Crippen LogP contribution is 2.31. The summed E-state index contributed by atoms with van der Waals surface area (Å²) in [5, 5.41) is 4.20. The lowest BCUT2D eigenvalue weighted by Gasteiger charge is -2.07. The van der Waals surface area contributed by atoms with Crippen molar-refractivity contribution in [1.29, 1.82) is 0 Å². The van der Waals surface area contributed by atoms with Gasteiger partial charge in [0, 0.05) is 25.2 Å². The lowest BCUT2D eigenvalue weighted by molar-refractivity contribution is 0.608. The summed E-state index contributed by atoms with van der Waals surface area (Å²) in [4.78, 5) is 0. The van der Waals surface area contributed by atoms with Crippen LogP contribution in [0.5, 0.6) is 0 Å². The lowest BCUT2D eigenvalue weighted by Crippen LogP contribution is -2.13. The second-order valence-electron chi connectivity index (χ2n) is 3.15. The Morgan fingerprint density at radius 2 is 2.64 bits per heavy atom. The lowest BCUT2D eigenvalue weighted by atomic mass is 10.1. The highest BCUT2D eigenvalue weighted by Gasteiger charge is 2.24. The molecule has 1 aliphatic rings. The van der Waals surface area contributed by atoms with Gasteiger partial charge in [0.25, 0.3) is 0 Å². The van der Waals surface area contributed by atoms with Gasteiger partial charge in [-0.1, -0.05) is 0 Å². The topological polar surface area (TPSA) is 43.8 Å². The van der Waals surface area contributed by atoms with Crippen molar-refractivity contribution in [2.45, 2.75) is 18.8 Å². The summed E-state index contributed by atoms with van der Waals surface area (Å²) in [6.07, 6.45) is 4.33. The van der Waals surface area contributed by atoms with Crippen molar-refractivity contribution in [3.63, 3.8) is 0 Å². The van der Waals surface area contributed by atoms with E-state index in [1.807, 2.05) is 17.9 Å². The Labute approximate surface area is 66.2 Å². The third kappa shape index (κ3) is 0.878. The summed E-state index contributed by atoms with van der Waals surface area (Å²) in [5.74, 6) is 0.553. The summed E-state index contributed by atoms with van der Waals surface area (Å²) < 4.78 is 1.96. The van der Waals surface area contributed by atoms with Crippen LogP contribution < -0.4 is 5.73 Å². The van der Waals surface area contributed by atoms with Crippen LogP contribution in [-0.2, 0) is 13.5 Å². The van der Waals surface area contributed by atoms with Crippen LogP contribution in [-0.4, -0.2) is 16.3 Å². The first-order chi connectivity index (χ1) is 5.33. The van der Waals surface area contributed by atoms with E-state index < -0.39 is 0 Å². The Balaban J connectivity index is 2.42. The summed E-state index contributed by atoms with van der Waals surface area (Å²) >= 11 is 0. The van der Waals surface area contributed by atoms with Gasteiger partial charge in [-0.05, 0) is 18.4 Å². The van der Waals surface area contributed by atoms with Gasteiger partial charge in [0.1, 0.15) is 0 Å². The molecular formula is C8H13N3. The van der Waals surface area contributed by atoms with Crippen LogP contribution in [0.2, 0.25) is 0 Å². The van der Waals surface area contributed by atoms with Crippen molar-refractivity contribution in [1.82, 2.24) is 9.78 Å². The Morgan fingerprint density at radius 3 is 3.36 bits per heavy atom. The van der Waals surface area contributed by atoms with Gasteiger partial charge < -0.3 is 5.73 Å². The average Bonchev–Trinajstić information content (AvgIpc) is 2.54. The first-order valence-electron chi connectivity index (χ1n) is 4.03. The molecule has 3 nitrogen and oxygen atoms in total. The molecule has 3 heteroatoms. The molecule has 0 fully saturated rings. The van der Waals surface area contributed by atoms with Gasteiger partial charge >= 0.3 is 0 Å². The predicted molar refractivity (Wildman–Crippen MR) is 43.3 cm³/mol. The van der Waals surface area contributed by atoms with E-state index in [1.165, 1.54) is 17.7 Å². The number of hydrogen-bond donors (Lipinski definition) is 1. The molecule has 0 aromatic carbocycles. The van der Waals surface area contributed by atoms with E-state index in [9.17, 15) is 0 Å². The van der Waals surface area contributed by atoms with Crippen LogP contribution in [0.4, 0.5) is 0 Å². The standard InChI is InChI=1S/C8H13N3/c1-11-8-6(4-9)2-3-7(8)5-10-11/h5-6H,2-4,9H2,1H3. The summed E-state index contributed by atoms with van der Waals surface area (Å²) in [6, 6.07) is 0. The van der Waals surface area contributed by atoms with Crippen LogP contribution in [0, 0.1) is 0 Å². The molecule has 1 aromatic rings. The van der Waals surface area contributed by atoms with Gasteiger partial charge in [-0.25, -0.2) is 0 Å². The first kappa shape index (κ1) is 6.85. The van der Waals surface area contributed by atoms with Crippen molar-refractivity contribution >= 4 is 0 Å². The molecule has 1 heterocycles. The number of nitrogens with two attached hydrogens (primary N) is 1. The maximum Gasteiger partial charge on any atom is 0.0524 e. The van der Waals surface area contributed by atoms with Crippen molar-refractivity contribution in [3.8, 4) is 0 Å². The molecule has 1 aromatic heterocycles. The average molecular weight is 151 g/mol. The molecule has 1 aliphatic carbocycles. The molecule has 11 heavy (non-hydrogen) atoms. The van der Waals surface area contributed by atoms with E-state index in [0.29, 0.717) is 5.92 Å². The van der Waals surface area contributed by atoms with E-state index in [1.54, 1.807) is 0 Å². The zero-order valence-electron chi connectivity index (χ0n) is 6.75. The van der Waals surface area contributed by atoms with E-state index in [2.05, 4.69) is 5.10 Å². The Kier molecular flexibility index (Phi) is 1.46. The molecule has 2 N–H and O–H groups in total. The Bertz CT molecular complexity index is 264. The van der Waals surface area contributed by atoms with Gasteiger partial charge in [-0.15, -0.1) is 0 Å². The van der Waals surface area contributed by atoms with Crippen LogP contribution in [0.3, 0.4) is 0 Å². The Hall–Kier alpha value is -0.830. The highest BCUT2D eigenvalue weighted by atomic mass is 15.3. The van der Waals surface area contributed by atoms with Crippen LogP contribution in [0.1, 0.15) is 23.6 Å². The molecule has 60 valence electrons. The van der Waals surface area contributed by atoms with Gasteiger partial charge in [0.05, 0.1) is 6.20 Å². The molecule has 0 spiro atoms. The maximum absolute atomic E-state index is 5.64. The van der Waals surface area contributed by atoms with E-state index in [-0.39, 0.29) is 0 Å². The quantitative estimate of drug-likeness (QED) is 0.631. The first-order valence-corrected chi connectivity index (χ1v) is 4.03. The van der Waals surface area contributed by atoms with Crippen molar-refractivity contribution in [2.24, 2.45) is 12.8 Å². The number of aryl methyl sites for hydroxylation is 2. The normalized spacial score (nSPS) is 22.2. The molecule has 1 atom stereocenters. The van der Waals surface area contributed by atoms with Crippen LogP contribution >= 0.6 is 0 Å². The van der Waals surface area contributed by atoms with Crippen LogP contribution in [0.25, 0.3) is 0 Å². The number of rotatable bonds is 1. The number of hydrogen-bond acceptors (Lipinski definition) is 2. The van der Waals surface area contributed by atoms with Gasteiger partial charge in [0.15, 0.2) is 0 Å². The molecule has 0 saturated heterocycles. The van der Waals surface area contributed by atoms with Crippen molar-refractivity contribution in [2.75, 3.05) is 6.54 Å². The summed E-state index contributed by atoms with van der Waals surface area (Å²) in [6.45, 7) is 0.756. The van der Waals surface area contributed by atoms with E-state index in [0.717, 1.165) is 13.0 Å². The number of nitrogens with zero attached hydrogens (tertiary/aromatic N) is 2. The molecule has 0 bridgehead atoms. The van der Waals surface area contributed by atoms with Gasteiger partial charge in [0.2, 0.25) is 0 Å². The number of aromatic nitrogens is 2. The predicted octanol–water partition coefficient (Wildman–Crippen LogP) is 0.409. The summed E-state index contributed by atoms with van der Waals surface area (Å²) in [7, 11) is 1.99. The van der Waals surface area contributed by atoms with E-state index in [4.69, 9.17) is 5.73 Å². The number of fused-ring (bicyclic) bond motifs is 1. The van der Waals surface area contributed by atoms with Crippen LogP contribution in [0.15, 0.2) is 6.20 Å². The zero-order chi connectivity index (χ0) is 7.84. The van der Waals surface area contributed by atoms with E-state index >= 15 is 0 Å². The SMILES string of the molecule is Cn1ncc2c1C(CN)CC2. The fourth-order valence-electron chi connectivity index (χ4n) is 1.91. The molecule has 0 saturated carbocycles. The fourth-order valence-corrected chi connectivity index (χ4v) is 1.91. The van der Waals surface area contributed by atoms with Crippen molar-refractivity contribution in [3.05, 3.63) is 17.5 Å². The second kappa shape index (κ2) is 2.34. The zero-order valence-corrected chi connectivity index (χ0v) is 6.75. The molecule has 1 unspecified atom stereocenters. The monoisotopic (exact) mass is 151 g/mol. The van der Waals surface area contributed by atoms with Gasteiger partial charge in [-0.3, -0.25) is 4.68 Å². The molecule has 0 radical (unpaired) electrons. The smallest absolute Gasteiger partial charge is 0.0524 e. The second-order valence-corrected chi connectivity index (χ2v) is 3.15. The van der Waals surface area contributed by atoms with Gasteiger partial charge in [-0.2, -0.15) is 5.10 Å². The molecular weight excluding hydrogens is 138 g/mol. The summed E-state index contributed by atoms with van der Waals surface area (Å²) in [5.41, 5.74) is 8.38. The minimum absolute atomic E-state index is 0.553. The minimum Gasteiger partial charge on any atom is -0.330 e. The maximum atomic E-state index is 5.64. The fraction of sp³-hybridized carbons (Fsp3) is 0.625. The molecule has 0 aliphatic heterocycles. The molecule has 0 amide bonds. The largest absolute Gasteiger partial charge is 0.330 e. The third-order valence-corrected chi connectivity index (χ3v) is 2.50. The van der Waals surface area contributed by atoms with Crippen molar-refractivity contribution < 1.29 is 0 Å². The highest BCUT2D eigenvalue weighted by molar-refractivity contribution is 5.27. The third-order valence-electron chi connectivity index (χ3n) is 2.50. The molecule has 2 rings (SSSR count).